The normalized spacial score (nSPS) is 20.0. The van der Waals surface area contributed by atoms with Gasteiger partial charge < -0.3 is 19.5 Å². The van der Waals surface area contributed by atoms with E-state index >= 15 is 0 Å². The van der Waals surface area contributed by atoms with Gasteiger partial charge in [-0.3, -0.25) is 10.3 Å². The molecule has 1 amide bonds. The van der Waals surface area contributed by atoms with Crippen LogP contribution in [0.4, 0.5) is 4.79 Å². The van der Waals surface area contributed by atoms with Crippen LogP contribution in [-0.2, 0) is 4.74 Å². The van der Waals surface area contributed by atoms with Crippen LogP contribution >= 0.6 is 0 Å². The van der Waals surface area contributed by atoms with Gasteiger partial charge in [0.2, 0.25) is 0 Å². The number of piperidine rings is 1. The van der Waals surface area contributed by atoms with Crippen molar-refractivity contribution in [1.29, 1.82) is 0 Å². The van der Waals surface area contributed by atoms with Crippen LogP contribution in [0.25, 0.3) is 0 Å². The summed E-state index contributed by atoms with van der Waals surface area (Å²) in [6.07, 6.45) is 1.74. The molecule has 2 aliphatic rings. The lowest BCUT2D eigenvalue weighted by Crippen LogP contribution is -2.56. The molecule has 32 heavy (non-hydrogen) atoms. The number of phenolic OH excluding ortho intramolecular Hbond substituents is 1. The SMILES string of the molecule is CCOC(=O)N1CCC2(CC1)N=C(c1ccc(OCC)cc1)CC(c1ccccc1O)N2. The van der Waals surface area contributed by atoms with Crippen molar-refractivity contribution in [3.8, 4) is 11.5 Å². The summed E-state index contributed by atoms with van der Waals surface area (Å²) in [7, 11) is 0. The van der Waals surface area contributed by atoms with Crippen LogP contribution < -0.4 is 10.1 Å². The Kier molecular flexibility index (Phi) is 6.65. The minimum Gasteiger partial charge on any atom is -0.508 e. The molecule has 0 radical (unpaired) electrons. The van der Waals surface area contributed by atoms with Gasteiger partial charge in [-0.15, -0.1) is 0 Å². The summed E-state index contributed by atoms with van der Waals surface area (Å²) in [5.74, 6) is 1.11. The third-order valence-electron chi connectivity index (χ3n) is 6.12. The summed E-state index contributed by atoms with van der Waals surface area (Å²) in [4.78, 5) is 19.1. The van der Waals surface area contributed by atoms with Gasteiger partial charge >= 0.3 is 6.09 Å². The molecule has 1 saturated heterocycles. The molecule has 4 rings (SSSR count). The fourth-order valence-corrected chi connectivity index (χ4v) is 4.50. The molecule has 2 heterocycles. The number of carbonyl (C=O) groups excluding carboxylic acids is 1. The molecular weight excluding hydrogens is 406 g/mol. The Morgan fingerprint density at radius 3 is 2.50 bits per heavy atom. The number of likely N-dealkylation sites (tertiary alicyclic amines) is 1. The second kappa shape index (κ2) is 9.61. The number of amides is 1. The molecule has 2 aromatic rings. The largest absolute Gasteiger partial charge is 0.508 e. The average Bonchev–Trinajstić information content (AvgIpc) is 2.80. The quantitative estimate of drug-likeness (QED) is 0.730. The second-order valence-electron chi connectivity index (χ2n) is 8.19. The standard InChI is InChI=1S/C25H31N3O4/c1-3-31-19-11-9-18(10-12-19)21-17-22(20-7-5-6-8-23(20)29)27-25(26-21)13-15-28(16-14-25)24(30)32-4-2/h5-12,22,27,29H,3-4,13-17H2,1-2H3. The molecule has 2 aliphatic heterocycles. The summed E-state index contributed by atoms with van der Waals surface area (Å²) in [5.41, 5.74) is 2.40. The summed E-state index contributed by atoms with van der Waals surface area (Å²) >= 11 is 0. The Hall–Kier alpha value is -3.06. The monoisotopic (exact) mass is 437 g/mol. The number of benzene rings is 2. The summed E-state index contributed by atoms with van der Waals surface area (Å²) < 4.78 is 10.8. The van der Waals surface area contributed by atoms with Gasteiger partial charge in [0.15, 0.2) is 0 Å². The van der Waals surface area contributed by atoms with E-state index in [2.05, 4.69) is 5.32 Å². The number of hydrogen-bond donors (Lipinski definition) is 2. The number of nitrogens with one attached hydrogen (secondary N) is 1. The van der Waals surface area contributed by atoms with Crippen LogP contribution in [-0.4, -0.2) is 53.8 Å². The third kappa shape index (κ3) is 4.72. The maximum atomic E-state index is 12.2. The van der Waals surface area contributed by atoms with Crippen molar-refractivity contribution in [1.82, 2.24) is 10.2 Å². The van der Waals surface area contributed by atoms with Crippen LogP contribution in [0.15, 0.2) is 53.5 Å². The first-order valence-electron chi connectivity index (χ1n) is 11.3. The highest BCUT2D eigenvalue weighted by molar-refractivity contribution is 6.02. The van der Waals surface area contributed by atoms with Gasteiger partial charge in [-0.05, 0) is 49.7 Å². The lowest BCUT2D eigenvalue weighted by molar-refractivity contribution is 0.0778. The zero-order valence-corrected chi connectivity index (χ0v) is 18.7. The summed E-state index contributed by atoms with van der Waals surface area (Å²) in [6, 6.07) is 15.4. The molecule has 1 atom stereocenters. The minimum atomic E-state index is -0.498. The number of ether oxygens (including phenoxy) is 2. The van der Waals surface area contributed by atoms with E-state index in [1.54, 1.807) is 11.0 Å². The van der Waals surface area contributed by atoms with Crippen molar-refractivity contribution >= 4 is 11.8 Å². The highest BCUT2D eigenvalue weighted by atomic mass is 16.6. The van der Waals surface area contributed by atoms with E-state index < -0.39 is 5.66 Å². The van der Waals surface area contributed by atoms with Crippen molar-refractivity contribution < 1.29 is 19.4 Å². The van der Waals surface area contributed by atoms with Crippen LogP contribution in [0.3, 0.4) is 0 Å². The van der Waals surface area contributed by atoms with E-state index in [0.29, 0.717) is 45.6 Å². The van der Waals surface area contributed by atoms with Gasteiger partial charge in [-0.25, -0.2) is 4.79 Å². The first kappa shape index (κ1) is 22.1. The second-order valence-corrected chi connectivity index (χ2v) is 8.19. The zero-order chi connectivity index (χ0) is 22.6. The first-order valence-corrected chi connectivity index (χ1v) is 11.3. The topological polar surface area (TPSA) is 83.4 Å². The molecule has 2 N–H and O–H groups in total. The molecule has 0 aromatic heterocycles. The van der Waals surface area contributed by atoms with Crippen molar-refractivity contribution in [2.75, 3.05) is 26.3 Å². The van der Waals surface area contributed by atoms with Crippen LogP contribution in [0.5, 0.6) is 11.5 Å². The van der Waals surface area contributed by atoms with Crippen molar-refractivity contribution in [2.24, 2.45) is 4.99 Å². The van der Waals surface area contributed by atoms with Crippen molar-refractivity contribution in [3.05, 3.63) is 59.7 Å². The molecule has 2 aromatic carbocycles. The molecule has 7 heteroatoms. The summed E-state index contributed by atoms with van der Waals surface area (Å²) in [5, 5.41) is 14.2. The van der Waals surface area contributed by atoms with E-state index in [9.17, 15) is 9.90 Å². The van der Waals surface area contributed by atoms with Gasteiger partial charge in [-0.1, -0.05) is 18.2 Å². The van der Waals surface area contributed by atoms with Gasteiger partial charge in [0, 0.05) is 49.7 Å². The number of hydrogen-bond acceptors (Lipinski definition) is 6. The maximum Gasteiger partial charge on any atom is 0.409 e. The molecule has 0 bridgehead atoms. The van der Waals surface area contributed by atoms with E-state index in [-0.39, 0.29) is 17.9 Å². The number of phenols is 1. The predicted octanol–water partition coefficient (Wildman–Crippen LogP) is 4.26. The summed E-state index contributed by atoms with van der Waals surface area (Å²) in [6.45, 7) is 5.91. The molecule has 7 nitrogen and oxygen atoms in total. The molecule has 1 unspecified atom stereocenters. The highest BCUT2D eigenvalue weighted by Gasteiger charge is 2.41. The number of carbonyl (C=O) groups is 1. The van der Waals surface area contributed by atoms with Crippen LogP contribution in [0.2, 0.25) is 0 Å². The highest BCUT2D eigenvalue weighted by Crippen LogP contribution is 2.37. The van der Waals surface area contributed by atoms with E-state index in [4.69, 9.17) is 14.5 Å². The molecular formula is C25H31N3O4. The van der Waals surface area contributed by atoms with Gasteiger partial charge in [0.05, 0.1) is 13.2 Å². The molecule has 0 saturated carbocycles. The van der Waals surface area contributed by atoms with E-state index in [0.717, 1.165) is 22.6 Å². The Morgan fingerprint density at radius 2 is 1.84 bits per heavy atom. The fraction of sp³-hybridized carbons (Fsp3) is 0.440. The van der Waals surface area contributed by atoms with Gasteiger partial charge in [-0.2, -0.15) is 0 Å². The number of para-hydroxylation sites is 1. The number of aromatic hydroxyl groups is 1. The Balaban J connectivity index is 1.63. The van der Waals surface area contributed by atoms with Crippen LogP contribution in [0.1, 0.15) is 50.3 Å². The smallest absolute Gasteiger partial charge is 0.409 e. The zero-order valence-electron chi connectivity index (χ0n) is 18.7. The average molecular weight is 438 g/mol. The first-order chi connectivity index (χ1) is 15.5. The number of aliphatic imine (C=N–C) groups is 1. The van der Waals surface area contributed by atoms with Crippen molar-refractivity contribution in [3.63, 3.8) is 0 Å². The lowest BCUT2D eigenvalue weighted by atomic mass is 9.87. The van der Waals surface area contributed by atoms with E-state index in [1.807, 2.05) is 56.3 Å². The third-order valence-corrected chi connectivity index (χ3v) is 6.12. The minimum absolute atomic E-state index is 0.0792. The molecule has 0 aliphatic carbocycles. The van der Waals surface area contributed by atoms with Gasteiger partial charge in [0.25, 0.3) is 0 Å². The molecule has 1 fully saturated rings. The Morgan fingerprint density at radius 1 is 1.12 bits per heavy atom. The van der Waals surface area contributed by atoms with Crippen LogP contribution in [0, 0.1) is 0 Å². The van der Waals surface area contributed by atoms with Crippen molar-refractivity contribution in [2.45, 2.75) is 44.8 Å². The fourth-order valence-electron chi connectivity index (χ4n) is 4.50. The van der Waals surface area contributed by atoms with Gasteiger partial charge in [0.1, 0.15) is 17.2 Å². The maximum absolute atomic E-state index is 12.2. The number of rotatable bonds is 5. The molecule has 1 spiro atoms. The van der Waals surface area contributed by atoms with E-state index in [1.165, 1.54) is 0 Å². The predicted molar refractivity (Wildman–Crippen MR) is 123 cm³/mol. The lowest BCUT2D eigenvalue weighted by Gasteiger charge is -2.45. The number of nitrogens with zero attached hydrogens (tertiary/aromatic N) is 2. The Labute approximate surface area is 189 Å². The Bertz CT molecular complexity index is 965. The molecule has 170 valence electrons.